The molecular weight excluding hydrogens is 292 g/mol. The van der Waals surface area contributed by atoms with Crippen molar-refractivity contribution in [3.8, 4) is 0 Å². The standard InChI is InChI=1S/C13H22N4O3S/c18-13-5-3-1-2-4-12(13)17-9-10(15-16-17)8-14-21(19,20)11-6-7-11/h9,11-14,18H,1-8H2/t12-,13-/m1/s1. The van der Waals surface area contributed by atoms with E-state index >= 15 is 0 Å². The van der Waals surface area contributed by atoms with Gasteiger partial charge in [0.25, 0.3) is 0 Å². The summed E-state index contributed by atoms with van der Waals surface area (Å²) < 4.78 is 27.8. The highest BCUT2D eigenvalue weighted by molar-refractivity contribution is 7.90. The summed E-state index contributed by atoms with van der Waals surface area (Å²) in [7, 11) is -3.19. The lowest BCUT2D eigenvalue weighted by molar-refractivity contribution is 0.0980. The molecule has 0 aliphatic heterocycles. The number of rotatable bonds is 5. The van der Waals surface area contributed by atoms with Crippen molar-refractivity contribution in [3.63, 3.8) is 0 Å². The van der Waals surface area contributed by atoms with Crippen molar-refractivity contribution >= 4 is 10.0 Å². The summed E-state index contributed by atoms with van der Waals surface area (Å²) in [6, 6.07) is -0.0474. The molecule has 1 aromatic heterocycles. The number of hydrogen-bond acceptors (Lipinski definition) is 5. The second-order valence-corrected chi connectivity index (χ2v) is 8.07. The molecule has 2 atom stereocenters. The van der Waals surface area contributed by atoms with Crippen LogP contribution in [0.1, 0.15) is 56.7 Å². The van der Waals surface area contributed by atoms with Crippen LogP contribution in [0, 0.1) is 0 Å². The number of sulfonamides is 1. The minimum absolute atomic E-state index is 0.0474. The van der Waals surface area contributed by atoms with E-state index in [4.69, 9.17) is 0 Å². The van der Waals surface area contributed by atoms with Gasteiger partial charge in [-0.05, 0) is 25.7 Å². The van der Waals surface area contributed by atoms with Gasteiger partial charge in [-0.25, -0.2) is 17.8 Å². The summed E-state index contributed by atoms with van der Waals surface area (Å²) in [5, 5.41) is 18.0. The molecule has 118 valence electrons. The van der Waals surface area contributed by atoms with E-state index in [1.54, 1.807) is 10.9 Å². The van der Waals surface area contributed by atoms with Crippen LogP contribution in [0.15, 0.2) is 6.20 Å². The van der Waals surface area contributed by atoms with Crippen molar-refractivity contribution in [2.75, 3.05) is 0 Å². The molecule has 2 N–H and O–H groups in total. The Labute approximate surface area is 124 Å². The van der Waals surface area contributed by atoms with Gasteiger partial charge in [-0.2, -0.15) is 0 Å². The Bertz CT molecular complexity index is 582. The van der Waals surface area contributed by atoms with E-state index in [0.29, 0.717) is 5.69 Å². The van der Waals surface area contributed by atoms with Gasteiger partial charge in [0.15, 0.2) is 0 Å². The van der Waals surface area contributed by atoms with Crippen LogP contribution in [-0.2, 0) is 16.6 Å². The molecule has 21 heavy (non-hydrogen) atoms. The number of aliphatic hydroxyl groups is 1. The molecule has 0 amide bonds. The van der Waals surface area contributed by atoms with Crippen LogP contribution < -0.4 is 4.72 Å². The minimum atomic E-state index is -3.19. The van der Waals surface area contributed by atoms with Gasteiger partial charge in [-0.15, -0.1) is 5.10 Å². The molecule has 2 fully saturated rings. The number of hydrogen-bond donors (Lipinski definition) is 2. The van der Waals surface area contributed by atoms with Crippen LogP contribution in [0.5, 0.6) is 0 Å². The SMILES string of the molecule is O=S(=O)(NCc1cn([C@@H]2CCCCC[C@H]2O)nn1)C1CC1. The van der Waals surface area contributed by atoms with E-state index in [1.165, 1.54) is 0 Å². The molecule has 2 aliphatic rings. The Morgan fingerprint density at radius 3 is 2.76 bits per heavy atom. The zero-order valence-corrected chi connectivity index (χ0v) is 12.8. The van der Waals surface area contributed by atoms with Gasteiger partial charge >= 0.3 is 0 Å². The lowest BCUT2D eigenvalue weighted by Gasteiger charge is -2.19. The van der Waals surface area contributed by atoms with Crippen molar-refractivity contribution < 1.29 is 13.5 Å². The van der Waals surface area contributed by atoms with Crippen molar-refractivity contribution in [2.45, 2.75) is 68.9 Å². The van der Waals surface area contributed by atoms with Gasteiger partial charge in [-0.3, -0.25) is 0 Å². The maximum absolute atomic E-state index is 11.8. The average Bonchev–Trinajstić information content (AvgIpc) is 3.24. The molecule has 1 aromatic rings. The van der Waals surface area contributed by atoms with Gasteiger partial charge in [0.1, 0.15) is 0 Å². The number of nitrogens with one attached hydrogen (secondary N) is 1. The molecule has 0 spiro atoms. The zero-order chi connectivity index (χ0) is 14.9. The molecular formula is C13H22N4O3S. The lowest BCUT2D eigenvalue weighted by Crippen LogP contribution is -2.27. The Kier molecular flexibility index (Phi) is 4.28. The van der Waals surface area contributed by atoms with Crippen LogP contribution in [0.3, 0.4) is 0 Å². The molecule has 0 radical (unpaired) electrons. The molecule has 8 heteroatoms. The normalized spacial score (nSPS) is 27.5. The fourth-order valence-electron chi connectivity index (χ4n) is 2.80. The molecule has 0 saturated heterocycles. The number of aromatic nitrogens is 3. The highest BCUT2D eigenvalue weighted by Gasteiger charge is 2.35. The van der Waals surface area contributed by atoms with E-state index < -0.39 is 16.1 Å². The van der Waals surface area contributed by atoms with E-state index in [1.807, 2.05) is 0 Å². The van der Waals surface area contributed by atoms with Crippen molar-refractivity contribution in [1.29, 1.82) is 0 Å². The maximum atomic E-state index is 11.8. The van der Waals surface area contributed by atoms with E-state index in [0.717, 1.165) is 44.9 Å². The number of nitrogens with zero attached hydrogens (tertiary/aromatic N) is 3. The largest absolute Gasteiger partial charge is 0.391 e. The first-order chi connectivity index (χ1) is 10.1. The minimum Gasteiger partial charge on any atom is -0.391 e. The Balaban J connectivity index is 1.62. The zero-order valence-electron chi connectivity index (χ0n) is 12.0. The second kappa shape index (κ2) is 6.02. The third-order valence-corrected chi connectivity index (χ3v) is 6.15. The van der Waals surface area contributed by atoms with E-state index in [9.17, 15) is 13.5 Å². The van der Waals surface area contributed by atoms with E-state index in [-0.39, 0.29) is 17.8 Å². The van der Waals surface area contributed by atoms with Gasteiger partial charge in [0.2, 0.25) is 10.0 Å². The fourth-order valence-corrected chi connectivity index (χ4v) is 4.15. The van der Waals surface area contributed by atoms with Crippen LogP contribution in [-0.4, -0.2) is 39.9 Å². The van der Waals surface area contributed by atoms with Gasteiger partial charge < -0.3 is 5.11 Å². The third kappa shape index (κ3) is 3.61. The summed E-state index contributed by atoms with van der Waals surface area (Å²) in [5.74, 6) is 0. The van der Waals surface area contributed by atoms with Crippen LogP contribution in [0.2, 0.25) is 0 Å². The molecule has 3 rings (SSSR count). The molecule has 0 unspecified atom stereocenters. The van der Waals surface area contributed by atoms with Crippen molar-refractivity contribution in [3.05, 3.63) is 11.9 Å². The Hall–Kier alpha value is -0.990. The summed E-state index contributed by atoms with van der Waals surface area (Å²) in [5.41, 5.74) is 0.593. The highest BCUT2D eigenvalue weighted by atomic mass is 32.2. The predicted octanol–water partition coefficient (Wildman–Crippen LogP) is 0.726. The quantitative estimate of drug-likeness (QED) is 0.781. The molecule has 7 nitrogen and oxygen atoms in total. The summed E-state index contributed by atoms with van der Waals surface area (Å²) in [6.07, 6.45) is 7.76. The molecule has 1 heterocycles. The monoisotopic (exact) mass is 314 g/mol. The fraction of sp³-hybridized carbons (Fsp3) is 0.846. The van der Waals surface area contributed by atoms with Gasteiger partial charge in [-0.1, -0.05) is 24.5 Å². The maximum Gasteiger partial charge on any atom is 0.214 e. The summed E-state index contributed by atoms with van der Waals surface area (Å²) >= 11 is 0. The smallest absolute Gasteiger partial charge is 0.214 e. The Morgan fingerprint density at radius 2 is 2.00 bits per heavy atom. The van der Waals surface area contributed by atoms with Crippen LogP contribution in [0.25, 0.3) is 0 Å². The predicted molar refractivity (Wildman–Crippen MR) is 76.9 cm³/mol. The van der Waals surface area contributed by atoms with Crippen LogP contribution in [0.4, 0.5) is 0 Å². The van der Waals surface area contributed by atoms with Gasteiger partial charge in [0, 0.05) is 0 Å². The third-order valence-electron chi connectivity index (χ3n) is 4.26. The first-order valence-corrected chi connectivity index (χ1v) is 9.18. The van der Waals surface area contributed by atoms with Crippen molar-refractivity contribution in [1.82, 2.24) is 19.7 Å². The average molecular weight is 314 g/mol. The number of aliphatic hydroxyl groups excluding tert-OH is 1. The van der Waals surface area contributed by atoms with Crippen molar-refractivity contribution in [2.24, 2.45) is 0 Å². The lowest BCUT2D eigenvalue weighted by atomic mass is 10.1. The summed E-state index contributed by atoms with van der Waals surface area (Å²) in [4.78, 5) is 0. The molecule has 2 aliphatic carbocycles. The topological polar surface area (TPSA) is 97.1 Å². The highest BCUT2D eigenvalue weighted by Crippen LogP contribution is 2.28. The van der Waals surface area contributed by atoms with Gasteiger partial charge in [0.05, 0.1) is 35.8 Å². The van der Waals surface area contributed by atoms with E-state index in [2.05, 4.69) is 15.0 Å². The molecule has 0 aromatic carbocycles. The first kappa shape index (κ1) is 14.9. The Morgan fingerprint density at radius 1 is 1.24 bits per heavy atom. The van der Waals surface area contributed by atoms with Crippen LogP contribution >= 0.6 is 0 Å². The molecule has 2 saturated carbocycles. The summed E-state index contributed by atoms with van der Waals surface area (Å²) in [6.45, 7) is 0.168. The second-order valence-electron chi connectivity index (χ2n) is 6.03. The first-order valence-electron chi connectivity index (χ1n) is 7.63. The molecule has 0 bridgehead atoms.